The standard InChI is InChI=1S/C8H15NO4/c1-12-8(11)2-6-3-9-4-7(5-10)13-6/h6-7,9-10H,2-5H2,1H3/t6-,7+/m1/s1. The number of aliphatic hydroxyl groups excluding tert-OH is 1. The third-order valence-corrected chi connectivity index (χ3v) is 1.95. The average Bonchev–Trinajstić information content (AvgIpc) is 2.18. The number of aliphatic hydroxyl groups is 1. The number of esters is 1. The molecular formula is C8H15NO4. The summed E-state index contributed by atoms with van der Waals surface area (Å²) in [7, 11) is 1.35. The van der Waals surface area contributed by atoms with Crippen LogP contribution in [-0.4, -0.2) is 50.1 Å². The Hall–Kier alpha value is -0.650. The molecule has 5 nitrogen and oxygen atoms in total. The van der Waals surface area contributed by atoms with Gasteiger partial charge in [-0.15, -0.1) is 0 Å². The lowest BCUT2D eigenvalue weighted by atomic mass is 10.2. The first-order valence-corrected chi connectivity index (χ1v) is 4.30. The molecule has 1 fully saturated rings. The van der Waals surface area contributed by atoms with Gasteiger partial charge in [-0.3, -0.25) is 4.79 Å². The topological polar surface area (TPSA) is 67.8 Å². The molecule has 1 aliphatic rings. The molecule has 1 rings (SSSR count). The summed E-state index contributed by atoms with van der Waals surface area (Å²) >= 11 is 0. The summed E-state index contributed by atoms with van der Waals surface area (Å²) in [6, 6.07) is 0. The first kappa shape index (κ1) is 10.4. The van der Waals surface area contributed by atoms with Crippen molar-refractivity contribution in [1.29, 1.82) is 0 Å². The van der Waals surface area contributed by atoms with Crippen molar-refractivity contribution in [2.24, 2.45) is 0 Å². The Morgan fingerprint density at radius 1 is 1.62 bits per heavy atom. The van der Waals surface area contributed by atoms with Gasteiger partial charge in [0.15, 0.2) is 0 Å². The number of hydrogen-bond donors (Lipinski definition) is 2. The maximum atomic E-state index is 10.9. The molecule has 0 aliphatic carbocycles. The Morgan fingerprint density at radius 3 is 2.92 bits per heavy atom. The molecule has 2 atom stereocenters. The van der Waals surface area contributed by atoms with Crippen molar-refractivity contribution >= 4 is 5.97 Å². The van der Waals surface area contributed by atoms with E-state index in [9.17, 15) is 4.79 Å². The first-order chi connectivity index (χ1) is 6.26. The summed E-state index contributed by atoms with van der Waals surface area (Å²) < 4.78 is 9.91. The van der Waals surface area contributed by atoms with Gasteiger partial charge in [-0.25, -0.2) is 0 Å². The second-order valence-electron chi connectivity index (χ2n) is 3.00. The minimum absolute atomic E-state index is 0.0231. The summed E-state index contributed by atoms with van der Waals surface area (Å²) in [5.74, 6) is -0.287. The monoisotopic (exact) mass is 189 g/mol. The van der Waals surface area contributed by atoms with Crippen molar-refractivity contribution in [3.63, 3.8) is 0 Å². The molecule has 5 heteroatoms. The lowest BCUT2D eigenvalue weighted by molar-refractivity contribution is -0.146. The molecule has 0 radical (unpaired) electrons. The van der Waals surface area contributed by atoms with E-state index in [1.54, 1.807) is 0 Å². The summed E-state index contributed by atoms with van der Waals surface area (Å²) in [4.78, 5) is 10.9. The maximum absolute atomic E-state index is 10.9. The highest BCUT2D eigenvalue weighted by atomic mass is 16.5. The van der Waals surface area contributed by atoms with Crippen LogP contribution < -0.4 is 5.32 Å². The lowest BCUT2D eigenvalue weighted by Gasteiger charge is -2.29. The largest absolute Gasteiger partial charge is 0.469 e. The molecule has 0 saturated carbocycles. The van der Waals surface area contributed by atoms with Gasteiger partial charge in [0.1, 0.15) is 0 Å². The molecule has 0 aromatic rings. The zero-order chi connectivity index (χ0) is 9.68. The highest BCUT2D eigenvalue weighted by Crippen LogP contribution is 2.07. The van der Waals surface area contributed by atoms with E-state index in [2.05, 4.69) is 10.1 Å². The van der Waals surface area contributed by atoms with Crippen molar-refractivity contribution < 1.29 is 19.4 Å². The smallest absolute Gasteiger partial charge is 0.308 e. The van der Waals surface area contributed by atoms with E-state index in [4.69, 9.17) is 9.84 Å². The van der Waals surface area contributed by atoms with E-state index in [1.165, 1.54) is 7.11 Å². The van der Waals surface area contributed by atoms with Gasteiger partial charge in [0.25, 0.3) is 0 Å². The predicted molar refractivity (Wildman–Crippen MR) is 45.2 cm³/mol. The number of hydrogen-bond acceptors (Lipinski definition) is 5. The summed E-state index contributed by atoms with van der Waals surface area (Å²) in [6.45, 7) is 1.24. The Kier molecular flexibility index (Phi) is 4.14. The van der Waals surface area contributed by atoms with Crippen LogP contribution in [0.15, 0.2) is 0 Å². The van der Waals surface area contributed by atoms with Gasteiger partial charge in [-0.1, -0.05) is 0 Å². The van der Waals surface area contributed by atoms with E-state index in [-0.39, 0.29) is 31.2 Å². The number of carbonyl (C=O) groups excluding carboxylic acids is 1. The van der Waals surface area contributed by atoms with E-state index in [1.807, 2.05) is 0 Å². The maximum Gasteiger partial charge on any atom is 0.308 e. The van der Waals surface area contributed by atoms with Crippen LogP contribution >= 0.6 is 0 Å². The van der Waals surface area contributed by atoms with E-state index < -0.39 is 0 Å². The Balaban J connectivity index is 2.29. The number of carbonyl (C=O) groups is 1. The third kappa shape index (κ3) is 3.30. The van der Waals surface area contributed by atoms with Crippen LogP contribution in [-0.2, 0) is 14.3 Å². The van der Waals surface area contributed by atoms with Gasteiger partial charge in [-0.2, -0.15) is 0 Å². The Labute approximate surface area is 77.0 Å². The summed E-state index contributed by atoms with van der Waals surface area (Å²) in [6.07, 6.45) is -0.151. The van der Waals surface area contributed by atoms with Crippen LogP contribution in [0.5, 0.6) is 0 Å². The minimum atomic E-state index is -0.287. The van der Waals surface area contributed by atoms with Gasteiger partial charge in [0.2, 0.25) is 0 Å². The first-order valence-electron chi connectivity index (χ1n) is 4.30. The highest BCUT2D eigenvalue weighted by molar-refractivity contribution is 5.69. The third-order valence-electron chi connectivity index (χ3n) is 1.95. The minimum Gasteiger partial charge on any atom is -0.469 e. The van der Waals surface area contributed by atoms with Crippen LogP contribution in [0.25, 0.3) is 0 Å². The molecule has 1 saturated heterocycles. The van der Waals surface area contributed by atoms with Crippen LogP contribution in [0.2, 0.25) is 0 Å². The molecule has 0 spiro atoms. The average molecular weight is 189 g/mol. The van der Waals surface area contributed by atoms with Crippen LogP contribution in [0.3, 0.4) is 0 Å². The molecule has 0 unspecified atom stereocenters. The van der Waals surface area contributed by atoms with Crippen molar-refractivity contribution in [3.05, 3.63) is 0 Å². The molecule has 0 amide bonds. The number of rotatable bonds is 3. The molecule has 1 heterocycles. The molecule has 0 bridgehead atoms. The van der Waals surface area contributed by atoms with Gasteiger partial charge in [0, 0.05) is 13.1 Å². The Morgan fingerprint density at radius 2 is 2.31 bits per heavy atom. The van der Waals surface area contributed by atoms with Gasteiger partial charge in [0.05, 0.1) is 32.3 Å². The Bertz CT molecular complexity index is 174. The van der Waals surface area contributed by atoms with Gasteiger partial charge < -0.3 is 19.9 Å². The molecule has 76 valence electrons. The van der Waals surface area contributed by atoms with Gasteiger partial charge in [-0.05, 0) is 0 Å². The highest BCUT2D eigenvalue weighted by Gasteiger charge is 2.23. The molecule has 0 aromatic carbocycles. The predicted octanol–water partition coefficient (Wildman–Crippen LogP) is -1.10. The second-order valence-corrected chi connectivity index (χ2v) is 3.00. The number of nitrogens with one attached hydrogen (secondary N) is 1. The van der Waals surface area contributed by atoms with Crippen molar-refractivity contribution in [2.45, 2.75) is 18.6 Å². The second kappa shape index (κ2) is 5.16. The number of morpholine rings is 1. The van der Waals surface area contributed by atoms with E-state index in [0.717, 1.165) is 0 Å². The van der Waals surface area contributed by atoms with Gasteiger partial charge >= 0.3 is 5.97 Å². The fourth-order valence-corrected chi connectivity index (χ4v) is 1.27. The van der Waals surface area contributed by atoms with E-state index in [0.29, 0.717) is 13.1 Å². The molecule has 1 aliphatic heterocycles. The quantitative estimate of drug-likeness (QED) is 0.551. The van der Waals surface area contributed by atoms with Crippen molar-refractivity contribution in [1.82, 2.24) is 5.32 Å². The van der Waals surface area contributed by atoms with Crippen LogP contribution in [0.1, 0.15) is 6.42 Å². The van der Waals surface area contributed by atoms with Crippen molar-refractivity contribution in [3.8, 4) is 0 Å². The van der Waals surface area contributed by atoms with E-state index >= 15 is 0 Å². The molecular weight excluding hydrogens is 174 g/mol. The zero-order valence-electron chi connectivity index (χ0n) is 7.66. The van der Waals surface area contributed by atoms with Crippen molar-refractivity contribution in [2.75, 3.05) is 26.8 Å². The summed E-state index contributed by atoms with van der Waals surface area (Å²) in [5.41, 5.74) is 0. The lowest BCUT2D eigenvalue weighted by Crippen LogP contribution is -2.46. The van der Waals surface area contributed by atoms with Crippen LogP contribution in [0, 0.1) is 0 Å². The molecule has 13 heavy (non-hydrogen) atoms. The zero-order valence-corrected chi connectivity index (χ0v) is 7.66. The number of methoxy groups -OCH3 is 1. The fraction of sp³-hybridized carbons (Fsp3) is 0.875. The SMILES string of the molecule is COC(=O)C[C@@H]1CNC[C@@H](CO)O1. The molecule has 2 N–H and O–H groups in total. The van der Waals surface area contributed by atoms with Crippen LogP contribution in [0.4, 0.5) is 0 Å². The normalized spacial score (nSPS) is 28.5. The summed E-state index contributed by atoms with van der Waals surface area (Å²) in [5, 5.41) is 11.9. The fourth-order valence-electron chi connectivity index (χ4n) is 1.27. The number of ether oxygens (including phenoxy) is 2. The molecule has 0 aromatic heterocycles.